The minimum Gasteiger partial charge on any atom is -0.192 e. The van der Waals surface area contributed by atoms with E-state index in [9.17, 15) is 79.2 Å². The first-order valence-corrected chi connectivity index (χ1v) is 6.86. The fourth-order valence-electron chi connectivity index (χ4n) is 1.37. The average molecular weight is 499 g/mol. The van der Waals surface area contributed by atoms with E-state index in [4.69, 9.17) is 4.89 Å². The van der Waals surface area contributed by atoms with Crippen LogP contribution >= 0.6 is 8.25 Å². The fraction of sp³-hybridized carbons (Fsp3) is 1.00. The number of hydrogen-bond acceptors (Lipinski definition) is 2. The molecule has 2 unspecified atom stereocenters. The largest absolute Gasteiger partial charge is 0.698 e. The van der Waals surface area contributed by atoms with Crippen LogP contribution in [0, 0.1) is 0 Å². The predicted octanol–water partition coefficient (Wildman–Crippen LogP) is 5.62. The van der Waals surface area contributed by atoms with E-state index in [0.29, 0.717) is 0 Å². The van der Waals surface area contributed by atoms with Gasteiger partial charge in [-0.2, -0.15) is 74.6 Å². The molecule has 0 aliphatic carbocycles. The van der Waals surface area contributed by atoms with E-state index in [1.165, 1.54) is 0 Å². The summed E-state index contributed by atoms with van der Waals surface area (Å²) in [6, 6.07) is 0. The zero-order chi connectivity index (χ0) is 24.3. The van der Waals surface area contributed by atoms with Crippen molar-refractivity contribution in [1.82, 2.24) is 0 Å². The van der Waals surface area contributed by atoms with Crippen LogP contribution in [0.3, 0.4) is 0 Å². The summed E-state index contributed by atoms with van der Waals surface area (Å²) in [5.41, 5.74) is 0. The van der Waals surface area contributed by atoms with Crippen molar-refractivity contribution in [2.75, 3.05) is 0 Å². The van der Waals surface area contributed by atoms with Gasteiger partial charge in [0.15, 0.2) is 0 Å². The molecule has 0 radical (unpaired) electrons. The van der Waals surface area contributed by atoms with Gasteiger partial charge >= 0.3 is 56.1 Å². The quantitative estimate of drug-likeness (QED) is 0.366. The molecule has 0 aromatic rings. The number of hydrogen-bond donors (Lipinski definition) is 1. The zero-order valence-corrected chi connectivity index (χ0v) is 13.0. The average Bonchev–Trinajstić information content (AvgIpc) is 2.42. The lowest BCUT2D eigenvalue weighted by atomic mass is 9.90. The van der Waals surface area contributed by atoms with Crippen molar-refractivity contribution in [1.29, 1.82) is 0 Å². The van der Waals surface area contributed by atoms with Crippen molar-refractivity contribution >= 4 is 8.25 Å². The van der Waals surface area contributed by atoms with E-state index in [1.54, 1.807) is 0 Å². The monoisotopic (exact) mass is 499 g/mol. The Labute approximate surface area is 146 Å². The standard InChI is InChI=1S/C8F17O3P/c9-1(10,3(13,14)5(17,18)7(20,21)22)2(11,12)4(15,16)6(19,8(23,24)25)28-29(26)27/p+1. The molecule has 1 N–H and O–H groups in total. The van der Waals surface area contributed by atoms with Crippen molar-refractivity contribution in [2.24, 2.45) is 0 Å². The third-order valence-corrected chi connectivity index (χ3v) is 3.31. The van der Waals surface area contributed by atoms with Crippen molar-refractivity contribution in [2.45, 2.75) is 47.8 Å². The van der Waals surface area contributed by atoms with E-state index in [2.05, 4.69) is 0 Å². The van der Waals surface area contributed by atoms with Gasteiger partial charge in [0.2, 0.25) is 0 Å². The van der Waals surface area contributed by atoms with Crippen molar-refractivity contribution in [3.8, 4) is 0 Å². The lowest BCUT2D eigenvalue weighted by molar-refractivity contribution is -0.473. The summed E-state index contributed by atoms with van der Waals surface area (Å²) in [5, 5.41) is 0. The van der Waals surface area contributed by atoms with Crippen LogP contribution in [0.4, 0.5) is 74.6 Å². The summed E-state index contributed by atoms with van der Waals surface area (Å²) in [6.07, 6.45) is -15.6. The molecular formula is C8HF17O3P+. The number of rotatable bonds is 7. The molecule has 0 saturated carbocycles. The Morgan fingerprint density at radius 1 is 0.483 bits per heavy atom. The van der Waals surface area contributed by atoms with Crippen molar-refractivity contribution < 1.29 is 88.6 Å². The highest BCUT2D eigenvalue weighted by molar-refractivity contribution is 7.32. The van der Waals surface area contributed by atoms with E-state index < -0.39 is 56.1 Å². The highest BCUT2D eigenvalue weighted by Gasteiger charge is 2.96. The molecule has 0 aliphatic rings. The van der Waals surface area contributed by atoms with Gasteiger partial charge in [-0.15, -0.1) is 4.89 Å². The molecule has 0 bridgehead atoms. The summed E-state index contributed by atoms with van der Waals surface area (Å²) in [4.78, 5) is 7.84. The van der Waals surface area contributed by atoms with Gasteiger partial charge < -0.3 is 0 Å². The van der Waals surface area contributed by atoms with E-state index in [-0.39, 0.29) is 0 Å². The second-order valence-electron chi connectivity index (χ2n) is 4.79. The zero-order valence-electron chi connectivity index (χ0n) is 12.1. The topological polar surface area (TPSA) is 46.5 Å². The molecule has 2 atom stereocenters. The molecule has 0 rings (SSSR count). The van der Waals surface area contributed by atoms with Crippen LogP contribution in [0.5, 0.6) is 0 Å². The molecule has 0 saturated heterocycles. The molecule has 0 amide bonds. The lowest BCUT2D eigenvalue weighted by Crippen LogP contribution is -2.75. The third-order valence-electron chi connectivity index (χ3n) is 2.91. The maximum Gasteiger partial charge on any atom is 0.698 e. The number of halogens is 17. The molecular weight excluding hydrogens is 498 g/mol. The lowest BCUT2D eigenvalue weighted by Gasteiger charge is -2.42. The van der Waals surface area contributed by atoms with Gasteiger partial charge in [-0.3, -0.25) is 0 Å². The Hall–Kier alpha value is -1.17. The highest BCUT2D eigenvalue weighted by Crippen LogP contribution is 2.64. The van der Waals surface area contributed by atoms with Crippen LogP contribution in [-0.2, 0) is 9.09 Å². The third kappa shape index (κ3) is 3.70. The van der Waals surface area contributed by atoms with Gasteiger partial charge in [0, 0.05) is 4.57 Å². The Balaban J connectivity index is 6.89. The van der Waals surface area contributed by atoms with Crippen LogP contribution in [0.2, 0.25) is 0 Å². The summed E-state index contributed by atoms with van der Waals surface area (Å²) < 4.78 is 227. The molecule has 0 fully saturated rings. The van der Waals surface area contributed by atoms with Gasteiger partial charge in [0.1, 0.15) is 0 Å². The molecule has 174 valence electrons. The Bertz CT molecular complexity index is 636. The summed E-state index contributed by atoms with van der Waals surface area (Å²) in [5.74, 6) is -50.6. The summed E-state index contributed by atoms with van der Waals surface area (Å²) in [6.45, 7) is 0. The van der Waals surface area contributed by atoms with Crippen LogP contribution in [-0.4, -0.2) is 52.7 Å². The second kappa shape index (κ2) is 6.93. The molecule has 0 heterocycles. The van der Waals surface area contributed by atoms with E-state index >= 15 is 0 Å². The maximum atomic E-state index is 13.4. The Kier molecular flexibility index (Phi) is 6.65. The van der Waals surface area contributed by atoms with Crippen LogP contribution < -0.4 is 0 Å². The van der Waals surface area contributed by atoms with Crippen LogP contribution in [0.1, 0.15) is 0 Å². The number of alkyl halides is 17. The van der Waals surface area contributed by atoms with Crippen molar-refractivity contribution in [3.63, 3.8) is 0 Å². The van der Waals surface area contributed by atoms with Gasteiger partial charge in [0.25, 0.3) is 0 Å². The van der Waals surface area contributed by atoms with Gasteiger partial charge in [-0.25, -0.2) is 0 Å². The molecule has 0 spiro atoms. The molecule has 0 aliphatic heterocycles. The molecule has 3 nitrogen and oxygen atoms in total. The van der Waals surface area contributed by atoms with Gasteiger partial charge in [-0.1, -0.05) is 4.52 Å². The van der Waals surface area contributed by atoms with Crippen molar-refractivity contribution in [3.05, 3.63) is 0 Å². The minimum absolute atomic E-state index is 1.87. The Morgan fingerprint density at radius 2 is 0.759 bits per heavy atom. The highest BCUT2D eigenvalue weighted by atomic mass is 31.1. The maximum absolute atomic E-state index is 13.4. The molecule has 21 heteroatoms. The fourth-order valence-corrected chi connectivity index (χ4v) is 1.80. The van der Waals surface area contributed by atoms with Gasteiger partial charge in [0.05, 0.1) is 0 Å². The summed E-state index contributed by atoms with van der Waals surface area (Å²) >= 11 is 0. The van der Waals surface area contributed by atoms with Crippen LogP contribution in [0.25, 0.3) is 0 Å². The predicted molar refractivity (Wildman–Crippen MR) is 51.6 cm³/mol. The molecule has 0 aromatic heterocycles. The molecule has 29 heavy (non-hydrogen) atoms. The first-order valence-electron chi connectivity index (χ1n) is 5.73. The molecule has 0 aromatic carbocycles. The first kappa shape index (κ1) is 27.8. The SMILES string of the molecule is O=[P+](O)OC(F)(C(F)(F)F)C(F)(F)C(F)(F)C(F)(F)C(F)(F)C(F)(F)C(F)(F)F. The normalized spacial score (nSPS) is 18.5. The van der Waals surface area contributed by atoms with E-state index in [0.717, 1.165) is 0 Å². The van der Waals surface area contributed by atoms with Crippen LogP contribution in [0.15, 0.2) is 0 Å². The minimum atomic E-state index is -8.75. The van der Waals surface area contributed by atoms with Gasteiger partial charge in [-0.05, 0) is 0 Å². The second-order valence-corrected chi connectivity index (χ2v) is 5.45. The smallest absolute Gasteiger partial charge is 0.192 e. The van der Waals surface area contributed by atoms with E-state index in [1.807, 2.05) is 4.52 Å². The Morgan fingerprint density at radius 3 is 1.00 bits per heavy atom. The first-order chi connectivity index (χ1) is 12.2. The summed E-state index contributed by atoms with van der Waals surface area (Å²) in [7, 11) is -5.39.